The fraction of sp³-hybridized carbons (Fsp3) is 0.304. The molecule has 3 aromatic rings. The topological polar surface area (TPSA) is 63.5 Å². The van der Waals surface area contributed by atoms with Crippen LogP contribution in [0.2, 0.25) is 0 Å². The smallest absolute Gasteiger partial charge is 0.191 e. The first-order valence-electron chi connectivity index (χ1n) is 10.0. The summed E-state index contributed by atoms with van der Waals surface area (Å²) < 4.78 is 7.77. The van der Waals surface area contributed by atoms with Gasteiger partial charge in [0.1, 0.15) is 5.75 Å². The van der Waals surface area contributed by atoms with Gasteiger partial charge in [0.05, 0.1) is 19.5 Å². The number of guanidine groups is 1. The molecule has 6 nitrogen and oxygen atoms in total. The molecule has 3 rings (SSSR count). The largest absolute Gasteiger partial charge is 0.494 e. The Morgan fingerprint density at radius 2 is 1.93 bits per heavy atom. The molecule has 0 radical (unpaired) electrons. The van der Waals surface area contributed by atoms with Crippen LogP contribution in [0.1, 0.15) is 30.5 Å². The van der Waals surface area contributed by atoms with E-state index in [0.717, 1.165) is 30.4 Å². The van der Waals surface area contributed by atoms with Gasteiger partial charge in [-0.15, -0.1) is 0 Å². The maximum absolute atomic E-state index is 5.71. The van der Waals surface area contributed by atoms with Crippen LogP contribution in [0.3, 0.4) is 0 Å². The summed E-state index contributed by atoms with van der Waals surface area (Å²) in [6, 6.07) is 16.6. The van der Waals surface area contributed by atoms with E-state index in [1.54, 1.807) is 6.20 Å². The molecule has 0 saturated carbocycles. The molecule has 29 heavy (non-hydrogen) atoms. The Morgan fingerprint density at radius 1 is 1.07 bits per heavy atom. The lowest BCUT2D eigenvalue weighted by Gasteiger charge is -2.14. The van der Waals surface area contributed by atoms with Gasteiger partial charge in [0.25, 0.3) is 0 Å². The number of nitrogens with zero attached hydrogens (tertiary/aromatic N) is 3. The van der Waals surface area contributed by atoms with E-state index in [-0.39, 0.29) is 0 Å². The minimum absolute atomic E-state index is 0.611. The maximum Gasteiger partial charge on any atom is 0.191 e. The number of nitrogens with one attached hydrogen (secondary N) is 2. The third-order valence-corrected chi connectivity index (χ3v) is 4.40. The number of hydrogen-bond acceptors (Lipinski definition) is 3. The predicted octanol–water partition coefficient (Wildman–Crippen LogP) is 3.59. The molecule has 1 aromatic heterocycles. The number of hydrogen-bond donors (Lipinski definition) is 2. The number of imidazole rings is 1. The average molecular weight is 392 g/mol. The van der Waals surface area contributed by atoms with E-state index in [1.165, 1.54) is 11.1 Å². The highest BCUT2D eigenvalue weighted by atomic mass is 16.5. The van der Waals surface area contributed by atoms with Gasteiger partial charge in [0.2, 0.25) is 0 Å². The van der Waals surface area contributed by atoms with Crippen molar-refractivity contribution in [2.75, 3.05) is 13.2 Å². The Bertz CT molecular complexity index is 905. The molecule has 2 N–H and O–H groups in total. The third kappa shape index (κ3) is 6.38. The molecule has 0 amide bonds. The first kappa shape index (κ1) is 20.5. The van der Waals surface area contributed by atoms with Crippen LogP contribution in [0.25, 0.3) is 0 Å². The number of ether oxygens (including phenoxy) is 1. The van der Waals surface area contributed by atoms with Crippen LogP contribution in [-0.4, -0.2) is 28.7 Å². The fourth-order valence-corrected chi connectivity index (χ4v) is 3.05. The van der Waals surface area contributed by atoms with Crippen LogP contribution in [0, 0.1) is 0 Å². The summed E-state index contributed by atoms with van der Waals surface area (Å²) in [4.78, 5) is 8.85. The Morgan fingerprint density at radius 3 is 2.72 bits per heavy atom. The van der Waals surface area contributed by atoms with Crippen molar-refractivity contribution in [3.05, 3.63) is 83.9 Å². The number of aliphatic imine (C=N–C) groups is 1. The van der Waals surface area contributed by atoms with Crippen molar-refractivity contribution >= 4 is 5.96 Å². The van der Waals surface area contributed by atoms with E-state index in [9.17, 15) is 0 Å². The van der Waals surface area contributed by atoms with E-state index in [2.05, 4.69) is 57.4 Å². The number of para-hydroxylation sites is 1. The van der Waals surface area contributed by atoms with E-state index in [4.69, 9.17) is 9.73 Å². The highest BCUT2D eigenvalue weighted by molar-refractivity contribution is 5.79. The average Bonchev–Trinajstić information content (AvgIpc) is 3.24. The first-order valence-corrected chi connectivity index (χ1v) is 10.0. The van der Waals surface area contributed by atoms with E-state index in [1.807, 2.05) is 37.6 Å². The third-order valence-electron chi connectivity index (χ3n) is 4.40. The molecule has 0 fully saturated rings. The Kier molecular flexibility index (Phi) is 7.69. The van der Waals surface area contributed by atoms with Crippen molar-refractivity contribution in [3.63, 3.8) is 0 Å². The van der Waals surface area contributed by atoms with E-state index in [0.29, 0.717) is 19.7 Å². The molecule has 2 aromatic carbocycles. The Labute approximate surface area is 172 Å². The lowest BCUT2D eigenvalue weighted by Crippen LogP contribution is -2.36. The van der Waals surface area contributed by atoms with E-state index < -0.39 is 0 Å². The molecule has 0 aliphatic heterocycles. The van der Waals surface area contributed by atoms with Crippen molar-refractivity contribution in [2.24, 2.45) is 4.99 Å². The zero-order chi connectivity index (χ0) is 20.3. The summed E-state index contributed by atoms with van der Waals surface area (Å²) in [5.41, 5.74) is 3.52. The second-order valence-electron chi connectivity index (χ2n) is 6.64. The Hall–Kier alpha value is -3.28. The van der Waals surface area contributed by atoms with Gasteiger partial charge in [-0.05, 0) is 31.0 Å². The monoisotopic (exact) mass is 391 g/mol. The highest BCUT2D eigenvalue weighted by Crippen LogP contribution is 2.17. The zero-order valence-electron chi connectivity index (χ0n) is 17.1. The number of rotatable bonds is 9. The second kappa shape index (κ2) is 10.9. The van der Waals surface area contributed by atoms with Crippen molar-refractivity contribution in [2.45, 2.75) is 33.5 Å². The molecule has 0 aliphatic rings. The van der Waals surface area contributed by atoms with Gasteiger partial charge >= 0.3 is 0 Å². The molecular formula is C23H29N5O. The number of benzene rings is 2. The standard InChI is InChI=1S/C23H29N5O/c1-3-25-23(27-16-21-10-5-6-11-22(21)29-4-2)26-15-19-8-7-9-20(14-19)17-28-13-12-24-18-28/h5-14,18H,3-4,15-17H2,1-2H3,(H2,25,26,27). The minimum Gasteiger partial charge on any atom is -0.494 e. The summed E-state index contributed by atoms with van der Waals surface area (Å²) in [5.74, 6) is 1.70. The molecule has 0 saturated heterocycles. The summed E-state index contributed by atoms with van der Waals surface area (Å²) in [6.45, 7) is 7.60. The van der Waals surface area contributed by atoms with Crippen molar-refractivity contribution in [1.82, 2.24) is 20.2 Å². The molecule has 0 aliphatic carbocycles. The van der Waals surface area contributed by atoms with Gasteiger partial charge in [0, 0.05) is 37.6 Å². The van der Waals surface area contributed by atoms with Gasteiger partial charge < -0.3 is 19.9 Å². The molecule has 0 spiro atoms. The molecular weight excluding hydrogens is 362 g/mol. The molecule has 6 heteroatoms. The van der Waals surface area contributed by atoms with Gasteiger partial charge in [-0.2, -0.15) is 0 Å². The maximum atomic E-state index is 5.71. The van der Waals surface area contributed by atoms with Crippen molar-refractivity contribution < 1.29 is 4.74 Å². The summed E-state index contributed by atoms with van der Waals surface area (Å²) >= 11 is 0. The molecule has 1 heterocycles. The van der Waals surface area contributed by atoms with Crippen LogP contribution in [-0.2, 0) is 19.6 Å². The molecule has 0 unspecified atom stereocenters. The van der Waals surface area contributed by atoms with Crippen LogP contribution in [0.4, 0.5) is 0 Å². The van der Waals surface area contributed by atoms with Gasteiger partial charge in [0.15, 0.2) is 5.96 Å². The van der Waals surface area contributed by atoms with Crippen LogP contribution in [0.5, 0.6) is 5.75 Å². The highest BCUT2D eigenvalue weighted by Gasteiger charge is 2.04. The second-order valence-corrected chi connectivity index (χ2v) is 6.64. The predicted molar refractivity (Wildman–Crippen MR) is 117 cm³/mol. The molecule has 0 bridgehead atoms. The van der Waals surface area contributed by atoms with Crippen molar-refractivity contribution in [1.29, 1.82) is 0 Å². The first-order chi connectivity index (χ1) is 14.3. The van der Waals surface area contributed by atoms with Gasteiger partial charge in [-0.1, -0.05) is 42.5 Å². The fourth-order valence-electron chi connectivity index (χ4n) is 3.05. The lowest BCUT2D eigenvalue weighted by molar-refractivity contribution is 0.336. The van der Waals surface area contributed by atoms with Crippen LogP contribution in [0.15, 0.2) is 72.2 Å². The van der Waals surface area contributed by atoms with Gasteiger partial charge in [-0.25, -0.2) is 9.98 Å². The Balaban J connectivity index is 1.63. The van der Waals surface area contributed by atoms with Crippen LogP contribution < -0.4 is 15.4 Å². The van der Waals surface area contributed by atoms with Gasteiger partial charge in [-0.3, -0.25) is 0 Å². The molecule has 152 valence electrons. The molecule has 0 atom stereocenters. The van der Waals surface area contributed by atoms with E-state index >= 15 is 0 Å². The normalized spacial score (nSPS) is 11.3. The summed E-state index contributed by atoms with van der Waals surface area (Å²) in [5, 5.41) is 6.71. The quantitative estimate of drug-likeness (QED) is 0.432. The number of aromatic nitrogens is 2. The van der Waals surface area contributed by atoms with Crippen LogP contribution >= 0.6 is 0 Å². The summed E-state index contributed by atoms with van der Waals surface area (Å²) in [6.07, 6.45) is 5.60. The SMILES string of the molecule is CCNC(=NCc1cccc(Cn2ccnc2)c1)NCc1ccccc1OCC. The minimum atomic E-state index is 0.611. The zero-order valence-corrected chi connectivity index (χ0v) is 17.1. The lowest BCUT2D eigenvalue weighted by atomic mass is 10.1. The van der Waals surface area contributed by atoms with Crippen molar-refractivity contribution in [3.8, 4) is 5.75 Å². The summed E-state index contributed by atoms with van der Waals surface area (Å²) in [7, 11) is 0.